The fraction of sp³-hybridized carbons (Fsp3) is 0.357. The average Bonchev–Trinajstić information content (AvgIpc) is 2.77. The van der Waals surface area contributed by atoms with Gasteiger partial charge in [-0.1, -0.05) is 12.1 Å². The Morgan fingerprint density at radius 2 is 2.06 bits per heavy atom. The molecule has 18 heavy (non-hydrogen) atoms. The summed E-state index contributed by atoms with van der Waals surface area (Å²) >= 11 is 0. The Hall–Kier alpha value is -1.81. The first-order chi connectivity index (χ1) is 8.63. The van der Waals surface area contributed by atoms with Crippen LogP contribution < -0.4 is 10.2 Å². The lowest BCUT2D eigenvalue weighted by Crippen LogP contribution is -2.21. The molecule has 0 spiro atoms. The highest BCUT2D eigenvalue weighted by Gasteiger charge is 2.15. The van der Waals surface area contributed by atoms with Gasteiger partial charge in [0.15, 0.2) is 0 Å². The molecule has 2 rings (SSSR count). The maximum atomic E-state index is 4.23. The molecule has 0 aliphatic heterocycles. The van der Waals surface area contributed by atoms with E-state index in [1.54, 1.807) is 0 Å². The van der Waals surface area contributed by atoms with Crippen molar-refractivity contribution in [2.75, 3.05) is 26.0 Å². The van der Waals surface area contributed by atoms with Gasteiger partial charge in [0.05, 0.1) is 11.7 Å². The van der Waals surface area contributed by atoms with E-state index in [0.717, 1.165) is 5.69 Å². The lowest BCUT2D eigenvalue weighted by atomic mass is 10.0. The standard InChI is InChI=1S/C14H20N4/c1-15-14(13-8-9-16-18(13)4)11-6-5-7-12(10-11)17(2)3/h5-10,14-15H,1-4H3. The molecule has 1 heterocycles. The topological polar surface area (TPSA) is 33.1 Å². The number of rotatable bonds is 4. The van der Waals surface area contributed by atoms with Crippen molar-refractivity contribution in [3.8, 4) is 0 Å². The fourth-order valence-electron chi connectivity index (χ4n) is 2.14. The predicted octanol–water partition coefficient (Wildman–Crippen LogP) is 1.79. The van der Waals surface area contributed by atoms with Gasteiger partial charge in [-0.25, -0.2) is 0 Å². The lowest BCUT2D eigenvalue weighted by Gasteiger charge is -2.20. The number of nitrogens with one attached hydrogen (secondary N) is 1. The Labute approximate surface area is 108 Å². The predicted molar refractivity (Wildman–Crippen MR) is 74.9 cm³/mol. The van der Waals surface area contributed by atoms with Gasteiger partial charge in [0, 0.05) is 33.0 Å². The molecular formula is C14H20N4. The summed E-state index contributed by atoms with van der Waals surface area (Å²) in [6, 6.07) is 10.8. The van der Waals surface area contributed by atoms with Gasteiger partial charge >= 0.3 is 0 Å². The first-order valence-corrected chi connectivity index (χ1v) is 6.06. The second-order valence-corrected chi connectivity index (χ2v) is 4.59. The van der Waals surface area contributed by atoms with Crippen molar-refractivity contribution in [3.63, 3.8) is 0 Å². The minimum Gasteiger partial charge on any atom is -0.378 e. The second-order valence-electron chi connectivity index (χ2n) is 4.59. The minimum atomic E-state index is 0.164. The van der Waals surface area contributed by atoms with Gasteiger partial charge in [-0.05, 0) is 30.8 Å². The summed E-state index contributed by atoms with van der Waals surface area (Å²) in [7, 11) is 8.05. The maximum absolute atomic E-state index is 4.23. The number of nitrogens with zero attached hydrogens (tertiary/aromatic N) is 3. The van der Waals surface area contributed by atoms with E-state index in [4.69, 9.17) is 0 Å². The first-order valence-electron chi connectivity index (χ1n) is 6.06. The molecule has 0 fully saturated rings. The Balaban J connectivity index is 2.39. The molecule has 1 aromatic heterocycles. The number of hydrogen-bond donors (Lipinski definition) is 1. The zero-order valence-electron chi connectivity index (χ0n) is 11.4. The molecule has 0 bridgehead atoms. The number of benzene rings is 1. The van der Waals surface area contributed by atoms with Crippen molar-refractivity contribution >= 4 is 5.69 Å². The Bertz CT molecular complexity index is 516. The van der Waals surface area contributed by atoms with Crippen LogP contribution in [0.2, 0.25) is 0 Å². The van der Waals surface area contributed by atoms with Crippen LogP contribution in [-0.4, -0.2) is 30.9 Å². The molecule has 4 heteroatoms. The Morgan fingerprint density at radius 3 is 2.61 bits per heavy atom. The van der Waals surface area contributed by atoms with Crippen molar-refractivity contribution < 1.29 is 0 Å². The highest BCUT2D eigenvalue weighted by atomic mass is 15.3. The van der Waals surface area contributed by atoms with Crippen LogP contribution in [-0.2, 0) is 7.05 Å². The summed E-state index contributed by atoms with van der Waals surface area (Å²) in [5.74, 6) is 0. The number of aryl methyl sites for hydroxylation is 1. The zero-order chi connectivity index (χ0) is 13.1. The number of anilines is 1. The van der Waals surface area contributed by atoms with Gasteiger partial charge < -0.3 is 10.2 Å². The van der Waals surface area contributed by atoms with E-state index in [-0.39, 0.29) is 6.04 Å². The number of aromatic nitrogens is 2. The van der Waals surface area contributed by atoms with Gasteiger partial charge in [0.2, 0.25) is 0 Å². The van der Waals surface area contributed by atoms with E-state index in [0.29, 0.717) is 0 Å². The van der Waals surface area contributed by atoms with E-state index in [1.165, 1.54) is 11.3 Å². The van der Waals surface area contributed by atoms with E-state index in [2.05, 4.69) is 53.7 Å². The number of hydrogen-bond acceptors (Lipinski definition) is 3. The van der Waals surface area contributed by atoms with E-state index in [9.17, 15) is 0 Å². The summed E-state index contributed by atoms with van der Waals surface area (Å²) in [5, 5.41) is 7.58. The van der Waals surface area contributed by atoms with Crippen LogP contribution in [0, 0.1) is 0 Å². The monoisotopic (exact) mass is 244 g/mol. The van der Waals surface area contributed by atoms with Crippen LogP contribution in [0.3, 0.4) is 0 Å². The quantitative estimate of drug-likeness (QED) is 0.890. The molecule has 0 saturated carbocycles. The molecule has 1 N–H and O–H groups in total. The van der Waals surface area contributed by atoms with Crippen molar-refractivity contribution in [3.05, 3.63) is 47.8 Å². The fourth-order valence-corrected chi connectivity index (χ4v) is 2.14. The molecule has 0 radical (unpaired) electrons. The van der Waals surface area contributed by atoms with Gasteiger partial charge in [-0.15, -0.1) is 0 Å². The normalized spacial score (nSPS) is 12.4. The molecule has 96 valence electrons. The maximum Gasteiger partial charge on any atom is 0.0746 e. The van der Waals surface area contributed by atoms with Crippen LogP contribution in [0.5, 0.6) is 0 Å². The SMILES string of the molecule is CNC(c1cccc(N(C)C)c1)c1ccnn1C. The third-order valence-electron chi connectivity index (χ3n) is 3.16. The van der Waals surface area contributed by atoms with Gasteiger partial charge in [0.25, 0.3) is 0 Å². The van der Waals surface area contributed by atoms with Crippen LogP contribution in [0.1, 0.15) is 17.3 Å². The second kappa shape index (κ2) is 5.23. The summed E-state index contributed by atoms with van der Waals surface area (Å²) in [6.07, 6.45) is 1.83. The molecule has 0 saturated heterocycles. The van der Waals surface area contributed by atoms with Crippen molar-refractivity contribution in [2.45, 2.75) is 6.04 Å². The van der Waals surface area contributed by atoms with Crippen LogP contribution in [0.4, 0.5) is 5.69 Å². The smallest absolute Gasteiger partial charge is 0.0746 e. The molecule has 2 aromatic rings. The van der Waals surface area contributed by atoms with Crippen molar-refractivity contribution in [1.29, 1.82) is 0 Å². The largest absolute Gasteiger partial charge is 0.378 e. The van der Waals surface area contributed by atoms with Crippen molar-refractivity contribution in [1.82, 2.24) is 15.1 Å². The molecule has 0 aliphatic carbocycles. The summed E-state index contributed by atoms with van der Waals surface area (Å²) in [5.41, 5.74) is 3.61. The zero-order valence-corrected chi connectivity index (χ0v) is 11.4. The van der Waals surface area contributed by atoms with Gasteiger partial charge in [0.1, 0.15) is 0 Å². The summed E-state index contributed by atoms with van der Waals surface area (Å²) < 4.78 is 1.91. The highest BCUT2D eigenvalue weighted by molar-refractivity contribution is 5.48. The van der Waals surface area contributed by atoms with Crippen molar-refractivity contribution in [2.24, 2.45) is 7.05 Å². The van der Waals surface area contributed by atoms with Gasteiger partial charge in [-0.3, -0.25) is 4.68 Å². The van der Waals surface area contributed by atoms with E-state index < -0.39 is 0 Å². The van der Waals surface area contributed by atoms with E-state index in [1.807, 2.05) is 31.0 Å². The average molecular weight is 244 g/mol. The highest BCUT2D eigenvalue weighted by Crippen LogP contribution is 2.24. The molecule has 1 aromatic carbocycles. The summed E-state index contributed by atoms with van der Waals surface area (Å²) in [6.45, 7) is 0. The van der Waals surface area contributed by atoms with E-state index >= 15 is 0 Å². The molecule has 1 unspecified atom stereocenters. The minimum absolute atomic E-state index is 0.164. The van der Waals surface area contributed by atoms with Crippen LogP contribution in [0.15, 0.2) is 36.5 Å². The Morgan fingerprint density at radius 1 is 1.28 bits per heavy atom. The Kier molecular flexibility index (Phi) is 3.67. The lowest BCUT2D eigenvalue weighted by molar-refractivity contribution is 0.606. The molecule has 0 amide bonds. The van der Waals surface area contributed by atoms with Gasteiger partial charge in [-0.2, -0.15) is 5.10 Å². The molecule has 1 atom stereocenters. The third kappa shape index (κ3) is 2.38. The third-order valence-corrected chi connectivity index (χ3v) is 3.16. The molecular weight excluding hydrogens is 224 g/mol. The van der Waals surface area contributed by atoms with Crippen LogP contribution >= 0.6 is 0 Å². The first kappa shape index (κ1) is 12.6. The van der Waals surface area contributed by atoms with Crippen LogP contribution in [0.25, 0.3) is 0 Å². The summed E-state index contributed by atoms with van der Waals surface area (Å²) in [4.78, 5) is 2.11. The molecule has 0 aliphatic rings. The molecule has 4 nitrogen and oxygen atoms in total.